The third-order valence-electron chi connectivity index (χ3n) is 5.76. The first-order chi connectivity index (χ1) is 15.5. The summed E-state index contributed by atoms with van der Waals surface area (Å²) >= 11 is 6.48. The summed E-state index contributed by atoms with van der Waals surface area (Å²) in [6.45, 7) is 3.79. The Balaban J connectivity index is 1.37. The average Bonchev–Trinajstić information content (AvgIpc) is 3.52. The zero-order valence-electron chi connectivity index (χ0n) is 18.0. The number of hydrogen-bond acceptors (Lipinski definition) is 5. The molecule has 0 radical (unpaired) electrons. The highest BCUT2D eigenvalue weighted by Crippen LogP contribution is 2.40. The molecule has 2 N–H and O–H groups in total. The number of carbonyl (C=O) groups excluding carboxylic acids is 1. The molecule has 3 aromatic rings. The lowest BCUT2D eigenvalue weighted by Crippen LogP contribution is -2.08. The number of allylic oxidation sites excluding steroid dienone is 3. The molecule has 6 nitrogen and oxygen atoms in total. The van der Waals surface area contributed by atoms with Gasteiger partial charge in [-0.15, -0.1) is 0 Å². The molecule has 3 heterocycles. The van der Waals surface area contributed by atoms with E-state index in [1.165, 1.54) is 12.8 Å². The molecule has 1 aliphatic heterocycles. The standard InChI is InChI=1S/C25H24ClN5O/c1-14(2)9-23(32)22-11-17-10-18(12-19(26)24(17)30-22)29-25-27-8-7-21(31-25)20-6-5-16(13-28-20)15-3-4-15/h6-13,15-16,30H,3-5H2,1-2H3,(H,27,29,31). The smallest absolute Gasteiger partial charge is 0.227 e. The predicted molar refractivity (Wildman–Crippen MR) is 130 cm³/mol. The Morgan fingerprint density at radius 1 is 1.25 bits per heavy atom. The number of carbonyl (C=O) groups is 1. The van der Waals surface area contributed by atoms with Crippen LogP contribution in [0.4, 0.5) is 11.6 Å². The quantitative estimate of drug-likeness (QED) is 0.342. The van der Waals surface area contributed by atoms with Crippen LogP contribution in [0.15, 0.2) is 53.2 Å². The largest absolute Gasteiger partial charge is 0.351 e. The first-order valence-electron chi connectivity index (χ1n) is 10.8. The third kappa shape index (κ3) is 4.36. The van der Waals surface area contributed by atoms with Crippen LogP contribution in [0.25, 0.3) is 16.6 Å². The van der Waals surface area contributed by atoms with Crippen molar-refractivity contribution < 1.29 is 4.79 Å². The summed E-state index contributed by atoms with van der Waals surface area (Å²) < 4.78 is 0. The zero-order valence-corrected chi connectivity index (χ0v) is 18.8. The van der Waals surface area contributed by atoms with Gasteiger partial charge in [0.05, 0.1) is 27.6 Å². The van der Waals surface area contributed by atoms with Crippen LogP contribution in [0.2, 0.25) is 5.02 Å². The molecule has 1 unspecified atom stereocenters. The number of aliphatic imine (C=N–C) groups is 1. The Labute approximate surface area is 191 Å². The van der Waals surface area contributed by atoms with Crippen LogP contribution in [-0.2, 0) is 0 Å². The lowest BCUT2D eigenvalue weighted by molar-refractivity contribution is 0.104. The minimum atomic E-state index is -0.0759. The first-order valence-corrected chi connectivity index (χ1v) is 11.2. The molecule has 0 spiro atoms. The van der Waals surface area contributed by atoms with Crippen LogP contribution in [0.3, 0.4) is 0 Å². The van der Waals surface area contributed by atoms with Gasteiger partial charge in [0.2, 0.25) is 11.7 Å². The van der Waals surface area contributed by atoms with E-state index >= 15 is 0 Å². The summed E-state index contributed by atoms with van der Waals surface area (Å²) in [5.41, 5.74) is 4.59. The Morgan fingerprint density at radius 2 is 2.09 bits per heavy atom. The van der Waals surface area contributed by atoms with Gasteiger partial charge in [-0.3, -0.25) is 9.79 Å². The van der Waals surface area contributed by atoms with E-state index in [-0.39, 0.29) is 5.78 Å². The number of nitrogens with one attached hydrogen (secondary N) is 2. The summed E-state index contributed by atoms with van der Waals surface area (Å²) in [7, 11) is 0. The summed E-state index contributed by atoms with van der Waals surface area (Å²) in [4.78, 5) is 29.1. The van der Waals surface area contributed by atoms with Crippen molar-refractivity contribution in [2.75, 3.05) is 5.32 Å². The highest BCUT2D eigenvalue weighted by Gasteiger charge is 2.30. The molecule has 2 aliphatic rings. The number of anilines is 2. The Kier molecular flexibility index (Phi) is 5.39. The van der Waals surface area contributed by atoms with Crippen molar-refractivity contribution in [1.82, 2.24) is 15.0 Å². The number of benzene rings is 1. The number of fused-ring (bicyclic) bond motifs is 1. The molecule has 162 valence electrons. The number of halogens is 1. The van der Waals surface area contributed by atoms with Gasteiger partial charge >= 0.3 is 0 Å². The fourth-order valence-corrected chi connectivity index (χ4v) is 4.26. The Hall–Kier alpha value is -3.25. The topological polar surface area (TPSA) is 83.0 Å². The number of hydrogen-bond donors (Lipinski definition) is 2. The lowest BCUT2D eigenvalue weighted by Gasteiger charge is -2.14. The van der Waals surface area contributed by atoms with E-state index in [0.717, 1.165) is 45.9 Å². The molecule has 1 atom stereocenters. The number of nitrogens with zero attached hydrogens (tertiary/aromatic N) is 3. The van der Waals surface area contributed by atoms with Gasteiger partial charge in [0, 0.05) is 29.4 Å². The van der Waals surface area contributed by atoms with Gasteiger partial charge in [0.15, 0.2) is 0 Å². The van der Waals surface area contributed by atoms with Crippen LogP contribution >= 0.6 is 11.6 Å². The van der Waals surface area contributed by atoms with Crippen LogP contribution in [0.1, 0.15) is 49.3 Å². The summed E-state index contributed by atoms with van der Waals surface area (Å²) in [5.74, 6) is 1.77. The maximum atomic E-state index is 12.4. The summed E-state index contributed by atoms with van der Waals surface area (Å²) in [6, 6.07) is 7.40. The minimum Gasteiger partial charge on any atom is -0.351 e. The van der Waals surface area contributed by atoms with Crippen LogP contribution in [0, 0.1) is 11.8 Å². The van der Waals surface area contributed by atoms with E-state index in [1.54, 1.807) is 18.3 Å². The van der Waals surface area contributed by atoms with Crippen LogP contribution in [-0.4, -0.2) is 26.9 Å². The molecule has 1 fully saturated rings. The molecule has 0 saturated heterocycles. The van der Waals surface area contributed by atoms with E-state index in [4.69, 9.17) is 11.6 Å². The van der Waals surface area contributed by atoms with Gasteiger partial charge < -0.3 is 10.3 Å². The monoisotopic (exact) mass is 445 g/mol. The average molecular weight is 446 g/mol. The molecule has 5 rings (SSSR count). The molecule has 1 saturated carbocycles. The van der Waals surface area contributed by atoms with Crippen LogP contribution < -0.4 is 5.32 Å². The van der Waals surface area contributed by atoms with Crippen LogP contribution in [0.5, 0.6) is 0 Å². The fraction of sp³-hybridized carbons (Fsp3) is 0.280. The van der Waals surface area contributed by atoms with Gasteiger partial charge in [0.25, 0.3) is 0 Å². The number of ketones is 1. The van der Waals surface area contributed by atoms with Crippen molar-refractivity contribution >= 4 is 51.8 Å². The van der Waals surface area contributed by atoms with Crippen molar-refractivity contribution in [2.24, 2.45) is 16.8 Å². The third-order valence-corrected chi connectivity index (χ3v) is 6.05. The molecule has 0 bridgehead atoms. The van der Waals surface area contributed by atoms with E-state index in [2.05, 4.69) is 37.6 Å². The van der Waals surface area contributed by atoms with E-state index in [1.807, 2.05) is 32.0 Å². The number of H-pyrrole nitrogens is 1. The van der Waals surface area contributed by atoms with Gasteiger partial charge in [0.1, 0.15) is 0 Å². The predicted octanol–water partition coefficient (Wildman–Crippen LogP) is 6.35. The van der Waals surface area contributed by atoms with Gasteiger partial charge in [-0.25, -0.2) is 9.97 Å². The molecule has 2 aromatic heterocycles. The van der Waals surface area contributed by atoms with Gasteiger partial charge in [-0.05, 0) is 69.4 Å². The first kappa shape index (κ1) is 20.6. The second kappa shape index (κ2) is 8.36. The highest BCUT2D eigenvalue weighted by atomic mass is 35.5. The van der Waals surface area contributed by atoms with Gasteiger partial charge in [-0.1, -0.05) is 23.3 Å². The molecule has 0 amide bonds. The SMILES string of the molecule is CC(C)=CC(=O)c1cc2cc(Nc3nccc(C4=CCC(C5CC5)C=N4)n3)cc(Cl)c2[nH]1. The van der Waals surface area contributed by atoms with Crippen molar-refractivity contribution in [3.63, 3.8) is 0 Å². The van der Waals surface area contributed by atoms with E-state index in [9.17, 15) is 4.79 Å². The molecule has 1 aromatic carbocycles. The molecule has 7 heteroatoms. The molecular weight excluding hydrogens is 422 g/mol. The maximum Gasteiger partial charge on any atom is 0.227 e. The van der Waals surface area contributed by atoms with Crippen molar-refractivity contribution in [3.05, 3.63) is 64.6 Å². The van der Waals surface area contributed by atoms with Gasteiger partial charge in [-0.2, -0.15) is 0 Å². The minimum absolute atomic E-state index is 0.0759. The van der Waals surface area contributed by atoms with Crippen molar-refractivity contribution in [1.29, 1.82) is 0 Å². The second-order valence-electron chi connectivity index (χ2n) is 8.69. The maximum absolute atomic E-state index is 12.4. The highest BCUT2D eigenvalue weighted by molar-refractivity contribution is 6.35. The normalized spacial score (nSPS) is 17.8. The summed E-state index contributed by atoms with van der Waals surface area (Å²) in [6.07, 6.45) is 11.2. The van der Waals surface area contributed by atoms with Crippen molar-refractivity contribution in [3.8, 4) is 0 Å². The van der Waals surface area contributed by atoms with E-state index in [0.29, 0.717) is 22.6 Å². The van der Waals surface area contributed by atoms with E-state index < -0.39 is 0 Å². The Bertz CT molecular complexity index is 1290. The lowest BCUT2D eigenvalue weighted by atomic mass is 9.98. The number of rotatable bonds is 6. The number of aromatic nitrogens is 3. The fourth-order valence-electron chi connectivity index (χ4n) is 3.98. The van der Waals surface area contributed by atoms with Crippen molar-refractivity contribution in [2.45, 2.75) is 33.1 Å². The molecular formula is C25H24ClN5O. The summed E-state index contributed by atoms with van der Waals surface area (Å²) in [5, 5.41) is 4.58. The second-order valence-corrected chi connectivity index (χ2v) is 9.09. The zero-order chi connectivity index (χ0) is 22.2. The molecule has 32 heavy (non-hydrogen) atoms. The molecule has 1 aliphatic carbocycles. The Morgan fingerprint density at radius 3 is 2.81 bits per heavy atom. The number of aromatic amines is 1.